The van der Waals surface area contributed by atoms with E-state index in [1.807, 2.05) is 0 Å². The summed E-state index contributed by atoms with van der Waals surface area (Å²) in [6, 6.07) is 4.12. The number of nitrogens with zero attached hydrogens (tertiary/aromatic N) is 1. The van der Waals surface area contributed by atoms with Crippen molar-refractivity contribution in [2.24, 2.45) is 10.9 Å². The summed E-state index contributed by atoms with van der Waals surface area (Å²) in [7, 11) is -1.56. The van der Waals surface area contributed by atoms with Crippen molar-refractivity contribution in [2.45, 2.75) is 0 Å². The Kier molecular flexibility index (Phi) is 2.89. The minimum Gasteiger partial charge on any atom is -0.507 e. The zero-order valence-corrected chi connectivity index (χ0v) is 6.75. The van der Waals surface area contributed by atoms with Crippen molar-refractivity contribution in [2.75, 3.05) is 0 Å². The molecule has 0 saturated heterocycles. The Morgan fingerprint density at radius 3 is 2.62 bits per heavy atom. The smallest absolute Gasteiger partial charge is 0.488 e. The number of rotatable bonds is 2. The van der Waals surface area contributed by atoms with Crippen LogP contribution in [0.25, 0.3) is 0 Å². The van der Waals surface area contributed by atoms with Gasteiger partial charge in [0.2, 0.25) is 0 Å². The van der Waals surface area contributed by atoms with E-state index in [1.54, 1.807) is 0 Å². The predicted octanol–water partition coefficient (Wildman–Crippen LogP) is -1.64. The van der Waals surface area contributed by atoms with Crippen LogP contribution in [-0.2, 0) is 0 Å². The second kappa shape index (κ2) is 3.93. The summed E-state index contributed by atoms with van der Waals surface area (Å²) in [4.78, 5) is 0. The summed E-state index contributed by atoms with van der Waals surface area (Å²) in [5.41, 5.74) is 0.612. The van der Waals surface area contributed by atoms with Crippen LogP contribution in [0.5, 0.6) is 5.75 Å². The molecule has 1 aromatic carbocycles. The fourth-order valence-electron chi connectivity index (χ4n) is 0.917. The van der Waals surface area contributed by atoms with Crippen LogP contribution in [0.4, 0.5) is 0 Å². The molecule has 0 aliphatic rings. The second-order valence-corrected chi connectivity index (χ2v) is 2.47. The number of hydrogen-bond acceptors (Lipinski definition) is 5. The lowest BCUT2D eigenvalue weighted by atomic mass is 9.79. The Morgan fingerprint density at radius 1 is 1.38 bits per heavy atom. The van der Waals surface area contributed by atoms with Gasteiger partial charge in [0.15, 0.2) is 0 Å². The molecule has 13 heavy (non-hydrogen) atoms. The number of nitrogens with two attached hydrogens (primary N) is 1. The van der Waals surface area contributed by atoms with E-state index in [0.29, 0.717) is 5.56 Å². The van der Waals surface area contributed by atoms with Crippen LogP contribution in [0.3, 0.4) is 0 Å². The summed E-state index contributed by atoms with van der Waals surface area (Å²) in [5, 5.41) is 30.1. The normalized spacial score (nSPS) is 10.6. The molecule has 5 nitrogen and oxygen atoms in total. The molecule has 0 atom stereocenters. The highest BCUT2D eigenvalue weighted by Gasteiger charge is 2.12. The van der Waals surface area contributed by atoms with E-state index in [2.05, 4.69) is 5.10 Å². The summed E-state index contributed by atoms with van der Waals surface area (Å²) in [5.74, 6) is 4.87. The van der Waals surface area contributed by atoms with Gasteiger partial charge in [0.25, 0.3) is 0 Å². The molecule has 0 unspecified atom stereocenters. The monoisotopic (exact) mass is 180 g/mol. The lowest BCUT2D eigenvalue weighted by molar-refractivity contribution is 0.425. The fourth-order valence-corrected chi connectivity index (χ4v) is 0.917. The van der Waals surface area contributed by atoms with E-state index in [4.69, 9.17) is 15.9 Å². The van der Waals surface area contributed by atoms with E-state index < -0.39 is 7.12 Å². The maximum Gasteiger partial charge on any atom is 0.488 e. The molecule has 0 bridgehead atoms. The molecule has 68 valence electrons. The van der Waals surface area contributed by atoms with Crippen LogP contribution in [0.1, 0.15) is 5.56 Å². The van der Waals surface area contributed by atoms with Crippen LogP contribution in [0.2, 0.25) is 0 Å². The molecule has 0 saturated carbocycles. The summed E-state index contributed by atoms with van der Waals surface area (Å²) in [6.45, 7) is 0. The number of aromatic hydroxyl groups is 1. The first-order chi connectivity index (χ1) is 6.15. The summed E-state index contributed by atoms with van der Waals surface area (Å²) in [6.07, 6.45) is 1.22. The average molecular weight is 180 g/mol. The third-order valence-corrected chi connectivity index (χ3v) is 1.56. The molecule has 0 aliphatic heterocycles. The van der Waals surface area contributed by atoms with Gasteiger partial charge in [0.05, 0.1) is 6.21 Å². The molecular formula is C7H9BN2O3. The van der Waals surface area contributed by atoms with Crippen molar-refractivity contribution < 1.29 is 15.2 Å². The van der Waals surface area contributed by atoms with Crippen molar-refractivity contribution in [1.29, 1.82) is 0 Å². The topological polar surface area (TPSA) is 99.1 Å². The zero-order valence-electron chi connectivity index (χ0n) is 6.75. The Morgan fingerprint density at radius 2 is 2.08 bits per heavy atom. The second-order valence-electron chi connectivity index (χ2n) is 2.47. The first-order valence-corrected chi connectivity index (χ1v) is 3.57. The third-order valence-electron chi connectivity index (χ3n) is 1.56. The quantitative estimate of drug-likeness (QED) is 0.190. The number of phenolic OH excluding ortho intramolecular Hbond substituents is 1. The highest BCUT2D eigenvalue weighted by Crippen LogP contribution is 2.11. The van der Waals surface area contributed by atoms with Gasteiger partial charge in [0.1, 0.15) is 5.75 Å². The predicted molar refractivity (Wildman–Crippen MR) is 49.7 cm³/mol. The van der Waals surface area contributed by atoms with Gasteiger partial charge < -0.3 is 21.0 Å². The van der Waals surface area contributed by atoms with Gasteiger partial charge in [-0.2, -0.15) is 5.10 Å². The lowest BCUT2D eigenvalue weighted by Crippen LogP contribution is -2.29. The molecule has 0 fully saturated rings. The number of hydrazone groups is 1. The molecule has 5 N–H and O–H groups in total. The minimum atomic E-state index is -1.56. The van der Waals surface area contributed by atoms with E-state index in [0.717, 1.165) is 0 Å². The van der Waals surface area contributed by atoms with Crippen molar-refractivity contribution >= 4 is 18.8 Å². The summed E-state index contributed by atoms with van der Waals surface area (Å²) < 4.78 is 0. The van der Waals surface area contributed by atoms with E-state index in [1.165, 1.54) is 24.4 Å². The van der Waals surface area contributed by atoms with Crippen molar-refractivity contribution in [1.82, 2.24) is 0 Å². The number of phenols is 1. The van der Waals surface area contributed by atoms with Gasteiger partial charge in [-0.3, -0.25) is 0 Å². The first kappa shape index (κ1) is 9.56. The molecular weight excluding hydrogens is 171 g/mol. The van der Waals surface area contributed by atoms with E-state index in [-0.39, 0.29) is 11.2 Å². The SMILES string of the molecule is NN=Cc1cc(B(O)O)ccc1O. The summed E-state index contributed by atoms with van der Waals surface area (Å²) >= 11 is 0. The van der Waals surface area contributed by atoms with Gasteiger partial charge in [-0.15, -0.1) is 0 Å². The van der Waals surface area contributed by atoms with Crippen LogP contribution >= 0.6 is 0 Å². The Hall–Kier alpha value is -1.53. The molecule has 6 heteroatoms. The molecule has 0 aliphatic carbocycles. The lowest BCUT2D eigenvalue weighted by Gasteiger charge is -2.02. The Balaban J connectivity index is 3.11. The van der Waals surface area contributed by atoms with Crippen molar-refractivity contribution in [3.63, 3.8) is 0 Å². The number of hydrogen-bond donors (Lipinski definition) is 4. The van der Waals surface area contributed by atoms with Gasteiger partial charge in [-0.1, -0.05) is 6.07 Å². The van der Waals surface area contributed by atoms with Gasteiger partial charge in [-0.05, 0) is 17.6 Å². The number of benzene rings is 1. The van der Waals surface area contributed by atoms with E-state index >= 15 is 0 Å². The Labute approximate surface area is 75.3 Å². The third kappa shape index (κ3) is 2.20. The molecule has 0 amide bonds. The highest BCUT2D eigenvalue weighted by molar-refractivity contribution is 6.58. The molecule has 0 spiro atoms. The van der Waals surface area contributed by atoms with Gasteiger partial charge >= 0.3 is 7.12 Å². The van der Waals surface area contributed by atoms with Gasteiger partial charge in [0, 0.05) is 5.56 Å². The molecule has 1 aromatic rings. The van der Waals surface area contributed by atoms with Crippen molar-refractivity contribution in [3.8, 4) is 5.75 Å². The van der Waals surface area contributed by atoms with Crippen molar-refractivity contribution in [3.05, 3.63) is 23.8 Å². The largest absolute Gasteiger partial charge is 0.507 e. The van der Waals surface area contributed by atoms with Crippen LogP contribution < -0.4 is 11.3 Å². The fraction of sp³-hybridized carbons (Fsp3) is 0. The Bertz CT molecular complexity index is 328. The van der Waals surface area contributed by atoms with Crippen LogP contribution in [-0.4, -0.2) is 28.5 Å². The van der Waals surface area contributed by atoms with Gasteiger partial charge in [-0.25, -0.2) is 0 Å². The van der Waals surface area contributed by atoms with E-state index in [9.17, 15) is 5.11 Å². The maximum atomic E-state index is 9.24. The van der Waals surface area contributed by atoms with Crippen LogP contribution in [0.15, 0.2) is 23.3 Å². The molecule has 0 radical (unpaired) electrons. The average Bonchev–Trinajstić information content (AvgIpc) is 2.08. The zero-order chi connectivity index (χ0) is 9.84. The standard InChI is InChI=1S/C7H9BN2O3/c9-10-4-5-3-6(8(12)13)1-2-7(5)11/h1-4,11-13H,9H2. The molecule has 0 heterocycles. The maximum absolute atomic E-state index is 9.24. The molecule has 0 aromatic heterocycles. The first-order valence-electron chi connectivity index (χ1n) is 3.57. The molecule has 1 rings (SSSR count). The highest BCUT2D eigenvalue weighted by atomic mass is 16.4. The minimum absolute atomic E-state index is 0.0152. The van der Waals surface area contributed by atoms with Crippen LogP contribution in [0, 0.1) is 0 Å².